The molecule has 3 heterocycles. The Labute approximate surface area is 185 Å². The van der Waals surface area contributed by atoms with Crippen LogP contribution >= 0.6 is 0 Å². The minimum Gasteiger partial charge on any atom is -0.464 e. The molecule has 164 valence electrons. The molecule has 0 aliphatic carbocycles. The molecular formula is C24H25N5O3. The average Bonchev–Trinajstić information content (AvgIpc) is 3.54. The van der Waals surface area contributed by atoms with Gasteiger partial charge in [-0.15, -0.1) is 0 Å². The molecule has 32 heavy (non-hydrogen) atoms. The Balaban J connectivity index is 1.36. The van der Waals surface area contributed by atoms with Crippen molar-refractivity contribution in [3.8, 4) is 22.5 Å². The Kier molecular flexibility index (Phi) is 5.05. The summed E-state index contributed by atoms with van der Waals surface area (Å²) in [5.41, 5.74) is 3.68. The van der Waals surface area contributed by atoms with Crippen molar-refractivity contribution in [3.05, 3.63) is 65.3 Å². The number of amides is 2. The molecule has 2 amide bonds. The normalized spacial score (nSPS) is 16.1. The van der Waals surface area contributed by atoms with Crippen molar-refractivity contribution in [1.82, 2.24) is 24.6 Å². The van der Waals surface area contributed by atoms with Crippen LogP contribution in [-0.4, -0.2) is 57.8 Å². The number of aromatic nitrogens is 3. The number of carbonyl (C=O) groups is 1. The molecule has 0 radical (unpaired) electrons. The zero-order valence-electron chi connectivity index (χ0n) is 18.1. The highest BCUT2D eigenvalue weighted by Crippen LogP contribution is 2.28. The van der Waals surface area contributed by atoms with E-state index in [1.165, 1.54) is 0 Å². The molecule has 1 N–H and O–H groups in total. The van der Waals surface area contributed by atoms with Crippen LogP contribution in [0, 0.1) is 5.92 Å². The van der Waals surface area contributed by atoms with E-state index in [4.69, 9.17) is 4.42 Å². The molecule has 1 aliphatic heterocycles. The third-order valence-electron chi connectivity index (χ3n) is 6.07. The molecule has 1 unspecified atom stereocenters. The number of hydrogen-bond acceptors (Lipinski definition) is 4. The fourth-order valence-electron chi connectivity index (χ4n) is 4.36. The predicted molar refractivity (Wildman–Crippen MR) is 122 cm³/mol. The van der Waals surface area contributed by atoms with Gasteiger partial charge in [0.05, 0.1) is 6.26 Å². The minimum atomic E-state index is -0.230. The number of benzene rings is 2. The van der Waals surface area contributed by atoms with Crippen LogP contribution in [0.5, 0.6) is 0 Å². The van der Waals surface area contributed by atoms with Crippen molar-refractivity contribution in [2.45, 2.75) is 13.0 Å². The minimum absolute atomic E-state index is 0.0106. The van der Waals surface area contributed by atoms with E-state index < -0.39 is 0 Å². The predicted octanol–water partition coefficient (Wildman–Crippen LogP) is 3.66. The largest absolute Gasteiger partial charge is 0.464 e. The number of H-pyrrole nitrogens is 1. The molecular weight excluding hydrogens is 406 g/mol. The van der Waals surface area contributed by atoms with Gasteiger partial charge in [0, 0.05) is 44.7 Å². The molecule has 1 saturated heterocycles. The van der Waals surface area contributed by atoms with E-state index in [1.54, 1.807) is 29.8 Å². The van der Waals surface area contributed by atoms with Crippen molar-refractivity contribution in [2.24, 2.45) is 5.92 Å². The van der Waals surface area contributed by atoms with E-state index in [0.29, 0.717) is 25.5 Å². The summed E-state index contributed by atoms with van der Waals surface area (Å²) in [6, 6.07) is 16.1. The molecule has 0 bridgehead atoms. The SMILES string of the molecule is CN(C)C(=O)N1CCC(Cn2c(-c3ccc(-c4ccc5occc5c4)cc3)n[nH]c2=O)C1. The summed E-state index contributed by atoms with van der Waals surface area (Å²) >= 11 is 0. The smallest absolute Gasteiger partial charge is 0.343 e. The molecule has 2 aromatic heterocycles. The van der Waals surface area contributed by atoms with Crippen LogP contribution in [-0.2, 0) is 6.54 Å². The van der Waals surface area contributed by atoms with Crippen LogP contribution in [0.4, 0.5) is 4.79 Å². The zero-order valence-corrected chi connectivity index (χ0v) is 18.1. The van der Waals surface area contributed by atoms with Crippen LogP contribution in [0.2, 0.25) is 0 Å². The summed E-state index contributed by atoms with van der Waals surface area (Å²) < 4.78 is 7.10. The van der Waals surface area contributed by atoms with Gasteiger partial charge in [-0.05, 0) is 41.7 Å². The number of aromatic amines is 1. The molecule has 1 atom stereocenters. The Morgan fingerprint density at radius 1 is 1.12 bits per heavy atom. The number of urea groups is 1. The number of hydrogen-bond donors (Lipinski definition) is 1. The van der Waals surface area contributed by atoms with Gasteiger partial charge in [-0.1, -0.05) is 30.3 Å². The van der Waals surface area contributed by atoms with Crippen molar-refractivity contribution >= 4 is 17.0 Å². The number of carbonyl (C=O) groups excluding carboxylic acids is 1. The van der Waals surface area contributed by atoms with Crippen LogP contribution in [0.3, 0.4) is 0 Å². The van der Waals surface area contributed by atoms with Crippen LogP contribution in [0.25, 0.3) is 33.5 Å². The molecule has 5 rings (SSSR count). The first-order valence-electron chi connectivity index (χ1n) is 10.7. The van der Waals surface area contributed by atoms with Gasteiger partial charge in [0.25, 0.3) is 0 Å². The second-order valence-electron chi connectivity index (χ2n) is 8.49. The summed E-state index contributed by atoms with van der Waals surface area (Å²) in [4.78, 5) is 28.1. The molecule has 4 aromatic rings. The fraction of sp³-hybridized carbons (Fsp3) is 0.292. The Morgan fingerprint density at radius 2 is 1.88 bits per heavy atom. The van der Waals surface area contributed by atoms with Gasteiger partial charge in [0.1, 0.15) is 5.58 Å². The second kappa shape index (κ2) is 8.03. The second-order valence-corrected chi connectivity index (χ2v) is 8.49. The molecule has 0 spiro atoms. The molecule has 8 heteroatoms. The van der Waals surface area contributed by atoms with Crippen molar-refractivity contribution < 1.29 is 9.21 Å². The van der Waals surface area contributed by atoms with E-state index in [9.17, 15) is 9.59 Å². The molecule has 0 saturated carbocycles. The lowest BCUT2D eigenvalue weighted by molar-refractivity contribution is 0.179. The van der Waals surface area contributed by atoms with E-state index in [1.807, 2.05) is 47.4 Å². The topological polar surface area (TPSA) is 87.4 Å². The quantitative estimate of drug-likeness (QED) is 0.534. The van der Waals surface area contributed by atoms with Crippen molar-refractivity contribution in [3.63, 3.8) is 0 Å². The maximum atomic E-state index is 12.5. The Bertz CT molecular complexity index is 1320. The summed E-state index contributed by atoms with van der Waals surface area (Å²) in [6.07, 6.45) is 2.56. The van der Waals surface area contributed by atoms with Crippen LogP contribution in [0.15, 0.2) is 64.0 Å². The number of nitrogens with zero attached hydrogens (tertiary/aromatic N) is 4. The first-order chi connectivity index (χ1) is 15.5. The zero-order chi connectivity index (χ0) is 22.2. The first kappa shape index (κ1) is 20.1. The highest BCUT2D eigenvalue weighted by molar-refractivity contribution is 5.83. The monoisotopic (exact) mass is 431 g/mol. The number of likely N-dealkylation sites (tertiary alicyclic amines) is 1. The highest BCUT2D eigenvalue weighted by atomic mass is 16.3. The Morgan fingerprint density at radius 3 is 2.66 bits per heavy atom. The third kappa shape index (κ3) is 3.68. The summed E-state index contributed by atoms with van der Waals surface area (Å²) in [5, 5.41) is 7.92. The fourth-order valence-corrected chi connectivity index (χ4v) is 4.36. The van der Waals surface area contributed by atoms with Gasteiger partial charge >= 0.3 is 11.7 Å². The van der Waals surface area contributed by atoms with Gasteiger partial charge in [-0.2, -0.15) is 5.10 Å². The molecule has 1 aliphatic rings. The average molecular weight is 431 g/mol. The number of nitrogens with one attached hydrogen (secondary N) is 1. The third-order valence-corrected chi connectivity index (χ3v) is 6.07. The Hall–Kier alpha value is -3.81. The van der Waals surface area contributed by atoms with E-state index in [2.05, 4.69) is 16.3 Å². The van der Waals surface area contributed by atoms with Gasteiger partial charge < -0.3 is 14.2 Å². The summed E-state index contributed by atoms with van der Waals surface area (Å²) in [6.45, 7) is 1.88. The van der Waals surface area contributed by atoms with Gasteiger partial charge in [0.2, 0.25) is 0 Å². The number of fused-ring (bicyclic) bond motifs is 1. The summed E-state index contributed by atoms with van der Waals surface area (Å²) in [7, 11) is 3.51. The lowest BCUT2D eigenvalue weighted by Crippen LogP contribution is -2.38. The van der Waals surface area contributed by atoms with Crippen molar-refractivity contribution in [1.29, 1.82) is 0 Å². The van der Waals surface area contributed by atoms with Crippen LogP contribution in [0.1, 0.15) is 6.42 Å². The van der Waals surface area contributed by atoms with E-state index in [0.717, 1.165) is 34.1 Å². The maximum absolute atomic E-state index is 12.5. The van der Waals surface area contributed by atoms with E-state index in [-0.39, 0.29) is 17.6 Å². The lowest BCUT2D eigenvalue weighted by atomic mass is 10.0. The summed E-state index contributed by atoms with van der Waals surface area (Å²) in [5.74, 6) is 0.832. The van der Waals surface area contributed by atoms with Crippen LogP contribution < -0.4 is 5.69 Å². The highest BCUT2D eigenvalue weighted by Gasteiger charge is 2.28. The number of rotatable bonds is 4. The molecule has 2 aromatic carbocycles. The standard InChI is InChI=1S/C24H25N5O3/c1-27(2)24(31)28-11-9-16(14-28)15-29-22(25-26-23(29)30)18-5-3-17(4-6-18)19-7-8-21-20(13-19)10-12-32-21/h3-8,10,12-13,16H,9,11,14-15H2,1-2H3,(H,26,30). The van der Waals surface area contributed by atoms with Gasteiger partial charge in [0.15, 0.2) is 5.82 Å². The molecule has 8 nitrogen and oxygen atoms in total. The molecule has 1 fully saturated rings. The van der Waals surface area contributed by atoms with E-state index >= 15 is 0 Å². The van der Waals surface area contributed by atoms with Gasteiger partial charge in [-0.25, -0.2) is 14.7 Å². The van der Waals surface area contributed by atoms with Crippen molar-refractivity contribution in [2.75, 3.05) is 27.2 Å². The maximum Gasteiger partial charge on any atom is 0.343 e. The lowest BCUT2D eigenvalue weighted by Gasteiger charge is -2.21. The van der Waals surface area contributed by atoms with Gasteiger partial charge in [-0.3, -0.25) is 4.57 Å². The number of furan rings is 1. The first-order valence-corrected chi connectivity index (χ1v) is 10.7.